The van der Waals surface area contributed by atoms with Gasteiger partial charge in [0.15, 0.2) is 12.6 Å². The molecule has 0 aliphatic rings. The summed E-state index contributed by atoms with van der Waals surface area (Å²) in [5.74, 6) is 0. The Morgan fingerprint density at radius 2 is 1.14 bits per heavy atom. The lowest BCUT2D eigenvalue weighted by atomic mass is 10.4. The third-order valence-electron chi connectivity index (χ3n) is 0.422. The molecule has 0 bridgehead atoms. The third kappa shape index (κ3) is 5.84. The second kappa shape index (κ2) is 2.92. The summed E-state index contributed by atoms with van der Waals surface area (Å²) in [6.07, 6.45) is -3.67. The first-order chi connectivity index (χ1) is 3.13. The Labute approximate surface area is 40.6 Å². The molecule has 4 heteroatoms. The number of hydrogen-bond donors (Lipinski definition) is 4. The van der Waals surface area contributed by atoms with Crippen LogP contribution in [0.15, 0.2) is 0 Å². The molecule has 0 unspecified atom stereocenters. The molecule has 0 aliphatic heterocycles. The van der Waals surface area contributed by atoms with Crippen LogP contribution in [0, 0.1) is 0 Å². The molecule has 0 saturated heterocycles. The largest absolute Gasteiger partial charge is 0.368 e. The first-order valence-corrected chi connectivity index (χ1v) is 1.85. The fourth-order valence-electron chi connectivity index (χ4n) is 0.189. The van der Waals surface area contributed by atoms with Crippen LogP contribution in [0.3, 0.4) is 0 Å². The second-order valence-corrected chi connectivity index (χ2v) is 1.20. The van der Waals surface area contributed by atoms with Crippen LogP contribution in [-0.4, -0.2) is 33.0 Å². The lowest BCUT2D eigenvalue weighted by molar-refractivity contribution is -0.127. The molecule has 0 fully saturated rings. The van der Waals surface area contributed by atoms with Gasteiger partial charge in [-0.25, -0.2) is 0 Å². The molecule has 0 aromatic rings. The predicted molar refractivity (Wildman–Crippen MR) is 21.1 cm³/mol. The van der Waals surface area contributed by atoms with Crippen LogP contribution in [0.5, 0.6) is 0 Å². The van der Waals surface area contributed by atoms with E-state index in [1.54, 1.807) is 0 Å². The lowest BCUT2D eigenvalue weighted by Crippen LogP contribution is -2.15. The van der Waals surface area contributed by atoms with Crippen molar-refractivity contribution in [2.24, 2.45) is 0 Å². The standard InChI is InChI=1S/C3H8O4/c4-2(5)1-3(6)7/h2-7H,1H2. The van der Waals surface area contributed by atoms with E-state index in [2.05, 4.69) is 0 Å². The number of hydrogen-bond acceptors (Lipinski definition) is 4. The molecule has 0 spiro atoms. The Kier molecular flexibility index (Phi) is 2.86. The van der Waals surface area contributed by atoms with Crippen LogP contribution in [0.1, 0.15) is 6.42 Å². The molecule has 7 heavy (non-hydrogen) atoms. The lowest BCUT2D eigenvalue weighted by Gasteiger charge is -2.02. The van der Waals surface area contributed by atoms with E-state index in [4.69, 9.17) is 20.4 Å². The minimum Gasteiger partial charge on any atom is -0.368 e. The smallest absolute Gasteiger partial charge is 0.156 e. The van der Waals surface area contributed by atoms with Crippen molar-refractivity contribution < 1.29 is 20.4 Å². The highest BCUT2D eigenvalue weighted by molar-refractivity contribution is 4.37. The number of rotatable bonds is 2. The molecule has 0 aromatic carbocycles. The third-order valence-corrected chi connectivity index (χ3v) is 0.422. The van der Waals surface area contributed by atoms with Crippen molar-refractivity contribution in [3.63, 3.8) is 0 Å². The van der Waals surface area contributed by atoms with Gasteiger partial charge in [0.2, 0.25) is 0 Å². The highest BCUT2D eigenvalue weighted by Gasteiger charge is 2.02. The van der Waals surface area contributed by atoms with Gasteiger partial charge in [-0.2, -0.15) is 0 Å². The monoisotopic (exact) mass is 108 g/mol. The minimum absolute atomic E-state index is 0.417. The predicted octanol–water partition coefficient (Wildman–Crippen LogP) is -2.00. The summed E-state index contributed by atoms with van der Waals surface area (Å²) in [5.41, 5.74) is 0. The van der Waals surface area contributed by atoms with E-state index in [-0.39, 0.29) is 0 Å². The Balaban J connectivity index is 2.95. The van der Waals surface area contributed by atoms with Gasteiger partial charge in [0.1, 0.15) is 0 Å². The van der Waals surface area contributed by atoms with Gasteiger partial charge in [0, 0.05) is 6.42 Å². The van der Waals surface area contributed by atoms with Crippen molar-refractivity contribution in [1.29, 1.82) is 0 Å². The average Bonchev–Trinajstić information content (AvgIpc) is 1.27. The Hall–Kier alpha value is -0.160. The maximum Gasteiger partial charge on any atom is 0.156 e. The van der Waals surface area contributed by atoms with E-state index in [0.29, 0.717) is 0 Å². The summed E-state index contributed by atoms with van der Waals surface area (Å²) in [6.45, 7) is 0. The highest BCUT2D eigenvalue weighted by Crippen LogP contribution is 1.88. The van der Waals surface area contributed by atoms with Crippen LogP contribution in [0.25, 0.3) is 0 Å². The van der Waals surface area contributed by atoms with E-state index in [9.17, 15) is 0 Å². The quantitative estimate of drug-likeness (QED) is 0.308. The summed E-state index contributed by atoms with van der Waals surface area (Å²) in [7, 11) is 0. The van der Waals surface area contributed by atoms with Crippen molar-refractivity contribution >= 4 is 0 Å². The molecule has 0 amide bonds. The molecular formula is C3H8O4. The molecule has 4 nitrogen and oxygen atoms in total. The van der Waals surface area contributed by atoms with Crippen LogP contribution in [0.2, 0.25) is 0 Å². The fraction of sp³-hybridized carbons (Fsp3) is 1.00. The topological polar surface area (TPSA) is 80.9 Å². The zero-order valence-electron chi connectivity index (χ0n) is 3.65. The van der Waals surface area contributed by atoms with Crippen LogP contribution < -0.4 is 0 Å². The number of aliphatic hydroxyl groups excluding tert-OH is 2. The zero-order valence-corrected chi connectivity index (χ0v) is 3.65. The first kappa shape index (κ1) is 6.84. The van der Waals surface area contributed by atoms with E-state index >= 15 is 0 Å². The molecule has 0 saturated carbocycles. The van der Waals surface area contributed by atoms with Gasteiger partial charge in [-0.05, 0) is 0 Å². The molecule has 0 aromatic heterocycles. The molecule has 0 rings (SSSR count). The molecule has 0 heterocycles. The Bertz CT molecular complexity index is 36.2. The van der Waals surface area contributed by atoms with Crippen LogP contribution in [0.4, 0.5) is 0 Å². The van der Waals surface area contributed by atoms with Crippen LogP contribution >= 0.6 is 0 Å². The molecular weight excluding hydrogens is 100 g/mol. The molecule has 0 radical (unpaired) electrons. The van der Waals surface area contributed by atoms with Crippen molar-refractivity contribution in [3.05, 3.63) is 0 Å². The van der Waals surface area contributed by atoms with Crippen LogP contribution in [-0.2, 0) is 0 Å². The number of aliphatic hydroxyl groups is 4. The molecule has 44 valence electrons. The van der Waals surface area contributed by atoms with Crippen molar-refractivity contribution in [2.75, 3.05) is 0 Å². The molecule has 4 N–H and O–H groups in total. The van der Waals surface area contributed by atoms with Gasteiger partial charge in [-0.3, -0.25) is 0 Å². The van der Waals surface area contributed by atoms with Crippen molar-refractivity contribution in [2.45, 2.75) is 19.0 Å². The molecule has 0 aliphatic carbocycles. The first-order valence-electron chi connectivity index (χ1n) is 1.85. The van der Waals surface area contributed by atoms with E-state index in [1.807, 2.05) is 0 Å². The maximum atomic E-state index is 7.96. The average molecular weight is 108 g/mol. The normalized spacial score (nSPS) is 11.1. The summed E-state index contributed by atoms with van der Waals surface area (Å²) in [5, 5.41) is 31.8. The van der Waals surface area contributed by atoms with Gasteiger partial charge in [-0.1, -0.05) is 0 Å². The SMILES string of the molecule is OC(O)CC(O)O. The maximum absolute atomic E-state index is 7.96. The Morgan fingerprint density at radius 1 is 0.857 bits per heavy atom. The second-order valence-electron chi connectivity index (χ2n) is 1.20. The van der Waals surface area contributed by atoms with E-state index in [0.717, 1.165) is 0 Å². The van der Waals surface area contributed by atoms with Gasteiger partial charge >= 0.3 is 0 Å². The van der Waals surface area contributed by atoms with E-state index < -0.39 is 19.0 Å². The van der Waals surface area contributed by atoms with Gasteiger partial charge < -0.3 is 20.4 Å². The highest BCUT2D eigenvalue weighted by atomic mass is 16.5. The van der Waals surface area contributed by atoms with Crippen molar-refractivity contribution in [1.82, 2.24) is 0 Å². The summed E-state index contributed by atoms with van der Waals surface area (Å²) in [6, 6.07) is 0. The van der Waals surface area contributed by atoms with Crippen molar-refractivity contribution in [3.8, 4) is 0 Å². The van der Waals surface area contributed by atoms with Gasteiger partial charge in [-0.15, -0.1) is 0 Å². The van der Waals surface area contributed by atoms with Gasteiger partial charge in [0.25, 0.3) is 0 Å². The summed E-state index contributed by atoms with van der Waals surface area (Å²) < 4.78 is 0. The Morgan fingerprint density at radius 3 is 1.14 bits per heavy atom. The zero-order chi connectivity index (χ0) is 5.86. The minimum atomic E-state index is -1.63. The summed E-state index contributed by atoms with van der Waals surface area (Å²) in [4.78, 5) is 0. The van der Waals surface area contributed by atoms with Gasteiger partial charge in [0.05, 0.1) is 0 Å². The fourth-order valence-corrected chi connectivity index (χ4v) is 0.189. The summed E-state index contributed by atoms with van der Waals surface area (Å²) >= 11 is 0. The molecule has 0 atom stereocenters. The van der Waals surface area contributed by atoms with E-state index in [1.165, 1.54) is 0 Å².